The van der Waals surface area contributed by atoms with Gasteiger partial charge in [-0.2, -0.15) is 61.5 Å². The Morgan fingerprint density at radius 3 is 1.20 bits per heavy atom. The van der Waals surface area contributed by atoms with Crippen LogP contribution in [0.5, 0.6) is 0 Å². The quantitative estimate of drug-likeness (QED) is 0.313. The summed E-state index contributed by atoms with van der Waals surface area (Å²) in [5, 5.41) is -6.08. The molecular formula is C8H2BrClF14O. The molecule has 0 saturated heterocycles. The Labute approximate surface area is 141 Å². The molecule has 0 aliphatic carbocycles. The van der Waals surface area contributed by atoms with Crippen LogP contribution in [-0.2, 0) is 4.74 Å². The zero-order valence-electron chi connectivity index (χ0n) is 10.7. The summed E-state index contributed by atoms with van der Waals surface area (Å²) in [6.07, 6.45) is -14.6. The van der Waals surface area contributed by atoms with Gasteiger partial charge in [-0.15, -0.1) is 0 Å². The van der Waals surface area contributed by atoms with Crippen LogP contribution in [0.2, 0.25) is 0 Å². The number of hydrogen-bond acceptors (Lipinski definition) is 1. The Kier molecular flexibility index (Phi) is 6.36. The van der Waals surface area contributed by atoms with E-state index in [9.17, 15) is 61.5 Å². The van der Waals surface area contributed by atoms with Gasteiger partial charge >= 0.3 is 41.3 Å². The molecule has 0 spiro atoms. The molecule has 0 fully saturated rings. The highest BCUT2D eigenvalue weighted by Crippen LogP contribution is 2.60. The second-order valence-electron chi connectivity index (χ2n) is 4.19. The van der Waals surface area contributed by atoms with E-state index in [1.54, 1.807) is 0 Å². The third-order valence-electron chi connectivity index (χ3n) is 2.34. The van der Waals surface area contributed by atoms with Crippen molar-refractivity contribution in [3.8, 4) is 0 Å². The third-order valence-corrected chi connectivity index (χ3v) is 3.59. The lowest BCUT2D eigenvalue weighted by Gasteiger charge is -2.39. The molecule has 0 radical (unpaired) electrons. The lowest BCUT2D eigenvalue weighted by atomic mass is 9.97. The Bertz CT molecular complexity index is 486. The summed E-state index contributed by atoms with van der Waals surface area (Å²) in [5.74, 6) is -31.8. The van der Waals surface area contributed by atoms with Crippen LogP contribution >= 0.6 is 27.5 Å². The van der Waals surface area contributed by atoms with Crippen LogP contribution in [0.3, 0.4) is 0 Å². The first kappa shape index (κ1) is 24.8. The first-order chi connectivity index (χ1) is 10.5. The smallest absolute Gasteiger partial charge is 0.263 e. The molecule has 0 heterocycles. The van der Waals surface area contributed by atoms with Gasteiger partial charge in [0.25, 0.3) is 0 Å². The van der Waals surface area contributed by atoms with Gasteiger partial charge in [-0.25, -0.2) is 0 Å². The number of alkyl halides is 16. The van der Waals surface area contributed by atoms with Gasteiger partial charge in [0, 0.05) is 0 Å². The van der Waals surface area contributed by atoms with Crippen LogP contribution in [0.4, 0.5) is 61.5 Å². The first-order valence-corrected chi connectivity index (χ1v) is 6.61. The van der Waals surface area contributed by atoms with E-state index < -0.39 is 46.6 Å². The van der Waals surface area contributed by atoms with Gasteiger partial charge in [0.05, 0.1) is 5.33 Å². The molecule has 0 aliphatic heterocycles. The van der Waals surface area contributed by atoms with Crippen LogP contribution in [0.1, 0.15) is 0 Å². The average Bonchev–Trinajstić information content (AvgIpc) is 2.35. The minimum Gasteiger partial charge on any atom is -0.263 e. The second-order valence-corrected chi connectivity index (χ2v) is 5.31. The van der Waals surface area contributed by atoms with E-state index in [2.05, 4.69) is 16.3 Å². The molecule has 0 rings (SSSR count). The fourth-order valence-corrected chi connectivity index (χ4v) is 1.25. The predicted octanol–water partition coefficient (Wildman–Crippen LogP) is 5.96. The van der Waals surface area contributed by atoms with E-state index in [4.69, 9.17) is 0 Å². The lowest BCUT2D eigenvalue weighted by molar-refractivity contribution is -0.475. The van der Waals surface area contributed by atoms with E-state index >= 15 is 0 Å². The molecular weight excluding hydrogens is 493 g/mol. The number of ether oxygens (including phenoxy) is 1. The van der Waals surface area contributed by atoms with Gasteiger partial charge in [0.2, 0.25) is 0 Å². The van der Waals surface area contributed by atoms with Gasteiger partial charge in [0.1, 0.15) is 0 Å². The fourth-order valence-electron chi connectivity index (χ4n) is 1.03. The van der Waals surface area contributed by atoms with Crippen molar-refractivity contribution >= 4 is 27.5 Å². The molecule has 17 heteroatoms. The van der Waals surface area contributed by atoms with E-state index in [1.165, 1.54) is 0 Å². The van der Waals surface area contributed by atoms with Crippen LogP contribution < -0.4 is 0 Å². The highest BCUT2D eigenvalue weighted by Gasteiger charge is 2.91. The van der Waals surface area contributed by atoms with Crippen molar-refractivity contribution in [3.05, 3.63) is 0 Å². The van der Waals surface area contributed by atoms with Gasteiger partial charge in [-0.05, 0) is 0 Å². The molecule has 0 bridgehead atoms. The van der Waals surface area contributed by atoms with Crippen molar-refractivity contribution in [2.45, 2.75) is 41.3 Å². The molecule has 152 valence electrons. The van der Waals surface area contributed by atoms with Crippen molar-refractivity contribution in [1.82, 2.24) is 0 Å². The summed E-state index contributed by atoms with van der Waals surface area (Å²) >= 11 is 6.25. The topological polar surface area (TPSA) is 9.23 Å². The van der Waals surface area contributed by atoms with Crippen LogP contribution in [-0.4, -0.2) is 46.6 Å². The summed E-state index contributed by atoms with van der Waals surface area (Å²) in [7, 11) is 0. The SMILES string of the molecule is FC(Cl)(CBr)OC(F)(F)C(F)(F)C(F)(F)C(F)(F)C(F)(F)C(F)(F)F. The van der Waals surface area contributed by atoms with Gasteiger partial charge in [0.15, 0.2) is 0 Å². The molecule has 25 heavy (non-hydrogen) atoms. The Morgan fingerprint density at radius 1 is 0.600 bits per heavy atom. The summed E-state index contributed by atoms with van der Waals surface area (Å²) in [6.45, 7) is 0. The molecule has 0 saturated carbocycles. The highest BCUT2D eigenvalue weighted by atomic mass is 79.9. The Hall–Kier alpha value is -0.250. The van der Waals surface area contributed by atoms with Crippen molar-refractivity contribution < 1.29 is 66.2 Å². The molecule has 1 unspecified atom stereocenters. The molecule has 0 aromatic heterocycles. The maximum absolute atomic E-state index is 13.0. The van der Waals surface area contributed by atoms with E-state index in [1.807, 2.05) is 15.9 Å². The Morgan fingerprint density at radius 2 is 0.920 bits per heavy atom. The van der Waals surface area contributed by atoms with Gasteiger partial charge in [-0.1, -0.05) is 27.5 Å². The molecule has 0 aromatic carbocycles. The maximum atomic E-state index is 13.0. The van der Waals surface area contributed by atoms with E-state index in [-0.39, 0.29) is 0 Å². The van der Waals surface area contributed by atoms with Crippen molar-refractivity contribution in [3.63, 3.8) is 0 Å². The molecule has 1 nitrogen and oxygen atoms in total. The summed E-state index contributed by atoms with van der Waals surface area (Å²) in [6, 6.07) is 0. The zero-order chi connectivity index (χ0) is 20.9. The number of hydrogen-bond donors (Lipinski definition) is 0. The fraction of sp³-hybridized carbons (Fsp3) is 1.00. The van der Waals surface area contributed by atoms with Crippen molar-refractivity contribution in [1.29, 1.82) is 0 Å². The molecule has 0 aromatic rings. The van der Waals surface area contributed by atoms with Crippen molar-refractivity contribution in [2.24, 2.45) is 0 Å². The van der Waals surface area contributed by atoms with Gasteiger partial charge < -0.3 is 0 Å². The van der Waals surface area contributed by atoms with E-state index in [0.29, 0.717) is 0 Å². The predicted molar refractivity (Wildman–Crippen MR) is 55.4 cm³/mol. The Balaban J connectivity index is 6.21. The average molecular weight is 495 g/mol. The van der Waals surface area contributed by atoms with Crippen molar-refractivity contribution in [2.75, 3.05) is 5.33 Å². The van der Waals surface area contributed by atoms with Gasteiger partial charge in [-0.3, -0.25) is 4.74 Å². The van der Waals surface area contributed by atoms with Crippen LogP contribution in [0.25, 0.3) is 0 Å². The summed E-state index contributed by atoms with van der Waals surface area (Å²) < 4.78 is 179. The second kappa shape index (κ2) is 6.42. The normalized spacial score (nSPS) is 18.2. The highest BCUT2D eigenvalue weighted by molar-refractivity contribution is 9.09. The number of rotatable bonds is 7. The molecule has 0 N–H and O–H groups in total. The monoisotopic (exact) mass is 494 g/mol. The maximum Gasteiger partial charge on any atom is 0.460 e. The minimum atomic E-state index is -8.09. The van der Waals surface area contributed by atoms with E-state index in [0.717, 1.165) is 0 Å². The van der Waals surface area contributed by atoms with Crippen LogP contribution in [0, 0.1) is 0 Å². The lowest BCUT2D eigenvalue weighted by Crippen LogP contribution is -2.70. The minimum absolute atomic E-state index is 1.64. The zero-order valence-corrected chi connectivity index (χ0v) is 13.0. The standard InChI is InChI=1S/C8H2BrClF14O/c9-1-2(10,11)25-8(23,24)6(18,19)4(14,15)3(12,13)5(16,17)7(20,21)22/h1H2. The third kappa shape index (κ3) is 3.89. The van der Waals surface area contributed by atoms with Crippen LogP contribution in [0.15, 0.2) is 0 Å². The summed E-state index contributed by atoms with van der Waals surface area (Å²) in [4.78, 5) is 0. The summed E-state index contributed by atoms with van der Waals surface area (Å²) in [5.41, 5.74) is 0. The molecule has 0 aliphatic rings. The first-order valence-electron chi connectivity index (χ1n) is 5.11. The number of halogens is 16. The molecule has 1 atom stereocenters. The molecule has 0 amide bonds. The largest absolute Gasteiger partial charge is 0.460 e.